The molecule has 1 heterocycles. The van der Waals surface area contributed by atoms with Crippen LogP contribution in [0.25, 0.3) is 10.9 Å². The van der Waals surface area contributed by atoms with Crippen molar-refractivity contribution in [1.29, 1.82) is 0 Å². The molecule has 0 unspecified atom stereocenters. The van der Waals surface area contributed by atoms with E-state index in [4.69, 9.17) is 5.73 Å². The first kappa shape index (κ1) is 18.2. The second-order valence-corrected chi connectivity index (χ2v) is 8.38. The molecule has 0 saturated carbocycles. The van der Waals surface area contributed by atoms with Gasteiger partial charge in [-0.2, -0.15) is 0 Å². The summed E-state index contributed by atoms with van der Waals surface area (Å²) in [7, 11) is -2.40. The third kappa shape index (κ3) is 3.37. The molecule has 0 atom stereocenters. The molecule has 0 radical (unpaired) electrons. The second kappa shape index (κ2) is 6.42. The zero-order chi connectivity index (χ0) is 18.1. The Morgan fingerprint density at radius 1 is 1.33 bits per heavy atom. The van der Waals surface area contributed by atoms with Gasteiger partial charge in [-0.1, -0.05) is 13.8 Å². The zero-order valence-corrected chi connectivity index (χ0v) is 14.6. The Morgan fingerprint density at radius 2 is 2.00 bits per heavy atom. The third-order valence-corrected chi connectivity index (χ3v) is 5.63. The first-order valence-corrected chi connectivity index (χ1v) is 8.73. The molecule has 8 nitrogen and oxygen atoms in total. The van der Waals surface area contributed by atoms with E-state index in [2.05, 4.69) is 4.98 Å². The van der Waals surface area contributed by atoms with Crippen LogP contribution >= 0.6 is 0 Å². The molecule has 0 fully saturated rings. The number of sulfonamides is 1. The van der Waals surface area contributed by atoms with Gasteiger partial charge in [0.2, 0.25) is 10.0 Å². The average Bonchev–Trinajstić information content (AvgIpc) is 2.53. The van der Waals surface area contributed by atoms with Gasteiger partial charge in [-0.05, 0) is 30.2 Å². The normalized spacial score (nSPS) is 12.7. The van der Waals surface area contributed by atoms with Crippen LogP contribution in [-0.4, -0.2) is 42.8 Å². The minimum absolute atomic E-state index is 0.0565. The first-order valence-electron chi connectivity index (χ1n) is 7.29. The van der Waals surface area contributed by atoms with Crippen LogP contribution in [0.3, 0.4) is 0 Å². The number of aromatic nitrogens is 1. The third-order valence-electron chi connectivity index (χ3n) is 3.80. The number of hydrogen-bond donors (Lipinski definition) is 1. The monoisotopic (exact) mass is 352 g/mol. The first-order chi connectivity index (χ1) is 11.1. The van der Waals surface area contributed by atoms with Crippen LogP contribution in [0.4, 0.5) is 5.69 Å². The quantitative estimate of drug-likeness (QED) is 0.625. The van der Waals surface area contributed by atoms with E-state index >= 15 is 0 Å². The molecule has 0 aliphatic heterocycles. The number of nitro groups is 1. The molecule has 2 aromatic rings. The summed E-state index contributed by atoms with van der Waals surface area (Å²) < 4.78 is 27.0. The summed E-state index contributed by atoms with van der Waals surface area (Å²) in [5.41, 5.74) is 5.18. The van der Waals surface area contributed by atoms with Crippen LogP contribution in [0, 0.1) is 15.5 Å². The van der Waals surface area contributed by atoms with Gasteiger partial charge >= 0.3 is 0 Å². The lowest BCUT2D eigenvalue weighted by atomic mass is 9.94. The molecule has 2 N–H and O–H groups in total. The number of nitrogens with zero attached hydrogens (tertiary/aromatic N) is 3. The average molecular weight is 352 g/mol. The lowest BCUT2D eigenvalue weighted by Gasteiger charge is -2.28. The summed E-state index contributed by atoms with van der Waals surface area (Å²) in [4.78, 5) is 14.6. The number of non-ortho nitro benzene ring substituents is 1. The molecule has 24 heavy (non-hydrogen) atoms. The second-order valence-electron chi connectivity index (χ2n) is 6.37. The summed E-state index contributed by atoms with van der Waals surface area (Å²) in [5, 5.41) is 11.3. The van der Waals surface area contributed by atoms with Gasteiger partial charge in [-0.25, -0.2) is 12.7 Å². The molecule has 1 aromatic heterocycles. The number of benzene rings is 1. The molecule has 9 heteroatoms. The van der Waals surface area contributed by atoms with Crippen molar-refractivity contribution >= 4 is 26.6 Å². The molecule has 130 valence electrons. The smallest absolute Gasteiger partial charge is 0.278 e. The van der Waals surface area contributed by atoms with E-state index in [1.165, 1.54) is 41.8 Å². The number of nitrogens with two attached hydrogens (primary N) is 1. The van der Waals surface area contributed by atoms with E-state index in [1.54, 1.807) is 0 Å². The Kier molecular flexibility index (Phi) is 4.88. The molecule has 0 saturated heterocycles. The molecular formula is C15H20N4O4S. The van der Waals surface area contributed by atoms with Crippen molar-refractivity contribution in [2.45, 2.75) is 18.7 Å². The van der Waals surface area contributed by atoms with Gasteiger partial charge in [0.25, 0.3) is 5.69 Å². The standard InChI is InChI=1S/C15H20N4O4S/c1-15(2,9-16)10-18(3)24(22,23)13-7-6-12(19(20)21)11-5-4-8-17-14(11)13/h4-8H,9-10,16H2,1-3H3. The van der Waals surface area contributed by atoms with Gasteiger partial charge in [-0.3, -0.25) is 15.1 Å². The highest BCUT2D eigenvalue weighted by atomic mass is 32.2. The number of fused-ring (bicyclic) bond motifs is 1. The molecule has 1 aromatic carbocycles. The lowest BCUT2D eigenvalue weighted by Crippen LogP contribution is -2.39. The van der Waals surface area contributed by atoms with Crippen LogP contribution in [-0.2, 0) is 10.0 Å². The maximum Gasteiger partial charge on any atom is 0.278 e. The van der Waals surface area contributed by atoms with Crippen LogP contribution in [0.1, 0.15) is 13.8 Å². The van der Waals surface area contributed by atoms with Gasteiger partial charge in [0.15, 0.2) is 0 Å². The van der Waals surface area contributed by atoms with Gasteiger partial charge < -0.3 is 5.73 Å². The largest absolute Gasteiger partial charge is 0.330 e. The Hall–Kier alpha value is -2.10. The van der Waals surface area contributed by atoms with E-state index in [0.29, 0.717) is 6.54 Å². The molecule has 0 spiro atoms. The molecular weight excluding hydrogens is 332 g/mol. The molecule has 0 aliphatic carbocycles. The molecule has 0 aliphatic rings. The minimum Gasteiger partial charge on any atom is -0.330 e. The molecule has 2 rings (SSSR count). The Labute approximate surface area is 140 Å². The van der Waals surface area contributed by atoms with Crippen molar-refractivity contribution < 1.29 is 13.3 Å². The van der Waals surface area contributed by atoms with Crippen LogP contribution in [0.15, 0.2) is 35.4 Å². The number of rotatable bonds is 6. The fourth-order valence-corrected chi connectivity index (χ4v) is 3.92. The van der Waals surface area contributed by atoms with E-state index < -0.39 is 20.4 Å². The number of pyridine rings is 1. The van der Waals surface area contributed by atoms with Crippen molar-refractivity contribution in [3.63, 3.8) is 0 Å². The van der Waals surface area contributed by atoms with E-state index in [-0.39, 0.29) is 28.0 Å². The Morgan fingerprint density at radius 3 is 2.58 bits per heavy atom. The van der Waals surface area contributed by atoms with Gasteiger partial charge in [0.1, 0.15) is 4.90 Å². The van der Waals surface area contributed by atoms with Gasteiger partial charge in [-0.15, -0.1) is 0 Å². The fourth-order valence-electron chi connectivity index (χ4n) is 2.42. The van der Waals surface area contributed by atoms with Crippen LogP contribution in [0.2, 0.25) is 0 Å². The summed E-state index contributed by atoms with van der Waals surface area (Å²) in [6, 6.07) is 5.45. The maximum absolute atomic E-state index is 12.9. The Bertz CT molecular complexity index is 880. The molecule has 0 bridgehead atoms. The number of nitro benzene ring substituents is 1. The number of hydrogen-bond acceptors (Lipinski definition) is 6. The highest BCUT2D eigenvalue weighted by Crippen LogP contribution is 2.31. The van der Waals surface area contributed by atoms with Crippen molar-refractivity contribution in [1.82, 2.24) is 9.29 Å². The van der Waals surface area contributed by atoms with E-state index in [1.807, 2.05) is 13.8 Å². The minimum atomic E-state index is -3.86. The predicted molar refractivity (Wildman–Crippen MR) is 91.0 cm³/mol. The van der Waals surface area contributed by atoms with Crippen LogP contribution < -0.4 is 5.73 Å². The SMILES string of the molecule is CN(CC(C)(C)CN)S(=O)(=O)c1ccc([N+](=O)[O-])c2cccnc12. The van der Waals surface area contributed by atoms with Crippen LogP contribution in [0.5, 0.6) is 0 Å². The fraction of sp³-hybridized carbons (Fsp3) is 0.400. The van der Waals surface area contributed by atoms with Gasteiger partial charge in [0, 0.05) is 25.9 Å². The highest BCUT2D eigenvalue weighted by Gasteiger charge is 2.30. The summed E-state index contributed by atoms with van der Waals surface area (Å²) in [5.74, 6) is 0. The van der Waals surface area contributed by atoms with Crippen molar-refractivity contribution in [2.24, 2.45) is 11.1 Å². The summed E-state index contributed by atoms with van der Waals surface area (Å²) >= 11 is 0. The summed E-state index contributed by atoms with van der Waals surface area (Å²) in [6.45, 7) is 4.28. The predicted octanol–water partition coefficient (Wildman–Crippen LogP) is 1.75. The maximum atomic E-state index is 12.9. The van der Waals surface area contributed by atoms with E-state index in [0.717, 1.165) is 0 Å². The highest BCUT2D eigenvalue weighted by molar-refractivity contribution is 7.89. The van der Waals surface area contributed by atoms with Gasteiger partial charge in [0.05, 0.1) is 15.8 Å². The van der Waals surface area contributed by atoms with Crippen molar-refractivity contribution in [3.8, 4) is 0 Å². The van der Waals surface area contributed by atoms with Crippen molar-refractivity contribution in [3.05, 3.63) is 40.6 Å². The van der Waals surface area contributed by atoms with E-state index in [9.17, 15) is 18.5 Å². The topological polar surface area (TPSA) is 119 Å². The lowest BCUT2D eigenvalue weighted by molar-refractivity contribution is -0.383. The zero-order valence-electron chi connectivity index (χ0n) is 13.8. The molecule has 0 amide bonds. The summed E-state index contributed by atoms with van der Waals surface area (Å²) in [6.07, 6.45) is 1.41. The van der Waals surface area contributed by atoms with Crippen molar-refractivity contribution in [2.75, 3.05) is 20.1 Å². The Balaban J connectivity index is 2.60.